The third kappa shape index (κ3) is 5.10. The van der Waals surface area contributed by atoms with Gasteiger partial charge in [-0.2, -0.15) is 0 Å². The summed E-state index contributed by atoms with van der Waals surface area (Å²) in [6.45, 7) is 4.60. The van der Waals surface area contributed by atoms with E-state index in [1.165, 1.54) is 23.9 Å². The molecule has 1 fully saturated rings. The molecule has 0 aliphatic carbocycles. The van der Waals surface area contributed by atoms with Crippen molar-refractivity contribution in [3.63, 3.8) is 0 Å². The number of hydrogen-bond acceptors (Lipinski definition) is 4. The van der Waals surface area contributed by atoms with Crippen LogP contribution < -0.4 is 5.32 Å². The van der Waals surface area contributed by atoms with E-state index in [1.54, 1.807) is 29.4 Å². The van der Waals surface area contributed by atoms with E-state index in [2.05, 4.69) is 10.3 Å². The van der Waals surface area contributed by atoms with Crippen molar-refractivity contribution >= 4 is 23.6 Å². The summed E-state index contributed by atoms with van der Waals surface area (Å²) in [6.07, 6.45) is 4.02. The van der Waals surface area contributed by atoms with Gasteiger partial charge < -0.3 is 10.2 Å². The highest BCUT2D eigenvalue weighted by Crippen LogP contribution is 2.29. The Kier molecular flexibility index (Phi) is 6.34. The summed E-state index contributed by atoms with van der Waals surface area (Å²) >= 11 is 1.49. The highest BCUT2D eigenvalue weighted by molar-refractivity contribution is 8.01. The Morgan fingerprint density at radius 2 is 2.04 bits per heavy atom. The lowest BCUT2D eigenvalue weighted by Crippen LogP contribution is -2.57. The van der Waals surface area contributed by atoms with Crippen molar-refractivity contribution < 1.29 is 14.0 Å². The second kappa shape index (κ2) is 8.73. The number of nitrogens with one attached hydrogen (secondary N) is 1. The van der Waals surface area contributed by atoms with E-state index in [-0.39, 0.29) is 17.6 Å². The van der Waals surface area contributed by atoms with Gasteiger partial charge in [0, 0.05) is 31.2 Å². The van der Waals surface area contributed by atoms with Crippen molar-refractivity contribution in [3.8, 4) is 0 Å². The summed E-state index contributed by atoms with van der Waals surface area (Å²) in [5.74, 6) is 0.0263. The van der Waals surface area contributed by atoms with Crippen LogP contribution in [0.2, 0.25) is 0 Å². The maximum Gasteiger partial charge on any atom is 0.246 e. The number of carbonyl (C=O) groups excluding carboxylic acids is 2. The second-order valence-corrected chi connectivity index (χ2v) is 8.99. The standard InChI is InChI=1S/C21H24FN3O2S/c1-21(2)20(27)24-18(14-28-21)19(26)25(13-16-4-3-10-23-12-16)11-9-15-5-7-17(22)8-6-15/h3-8,10,12,18H,9,11,13-14H2,1-2H3,(H,24,27)/t18-/m1/s1. The van der Waals surface area contributed by atoms with E-state index >= 15 is 0 Å². The van der Waals surface area contributed by atoms with Crippen molar-refractivity contribution in [2.75, 3.05) is 12.3 Å². The maximum absolute atomic E-state index is 13.2. The minimum absolute atomic E-state index is 0.109. The predicted octanol–water partition coefficient (Wildman–Crippen LogP) is 2.80. The molecule has 0 unspecified atom stereocenters. The normalized spacial score (nSPS) is 18.4. The zero-order chi connectivity index (χ0) is 20.1. The number of pyridine rings is 1. The van der Waals surface area contributed by atoms with Gasteiger partial charge in [0.1, 0.15) is 11.9 Å². The lowest BCUT2D eigenvalue weighted by molar-refractivity contribution is -0.137. The van der Waals surface area contributed by atoms with E-state index < -0.39 is 10.8 Å². The molecule has 5 nitrogen and oxygen atoms in total. The molecule has 7 heteroatoms. The lowest BCUT2D eigenvalue weighted by Gasteiger charge is -2.35. The van der Waals surface area contributed by atoms with Crippen molar-refractivity contribution in [2.24, 2.45) is 0 Å². The van der Waals surface area contributed by atoms with Crippen LogP contribution in [0.3, 0.4) is 0 Å². The van der Waals surface area contributed by atoms with E-state index in [0.717, 1.165) is 11.1 Å². The minimum Gasteiger partial charge on any atom is -0.342 e. The zero-order valence-corrected chi connectivity index (χ0v) is 16.8. The summed E-state index contributed by atoms with van der Waals surface area (Å²) in [4.78, 5) is 31.3. The Morgan fingerprint density at radius 1 is 1.29 bits per heavy atom. The molecule has 2 aromatic rings. The molecule has 0 bridgehead atoms. The highest BCUT2D eigenvalue weighted by Gasteiger charge is 2.39. The molecule has 0 radical (unpaired) electrons. The molecule has 1 aliphatic rings. The van der Waals surface area contributed by atoms with Crippen LogP contribution in [0.1, 0.15) is 25.0 Å². The first kappa shape index (κ1) is 20.3. The van der Waals surface area contributed by atoms with Crippen LogP contribution in [0.4, 0.5) is 4.39 Å². The average Bonchev–Trinajstić information content (AvgIpc) is 2.69. The van der Waals surface area contributed by atoms with Gasteiger partial charge in [-0.05, 0) is 49.6 Å². The first-order valence-corrected chi connectivity index (χ1v) is 10.2. The number of aromatic nitrogens is 1. The van der Waals surface area contributed by atoms with Gasteiger partial charge in [0.05, 0.1) is 4.75 Å². The molecule has 1 atom stereocenters. The molecule has 1 aromatic heterocycles. The minimum atomic E-state index is -0.546. The summed E-state index contributed by atoms with van der Waals surface area (Å²) in [5, 5.41) is 2.86. The Balaban J connectivity index is 1.72. The van der Waals surface area contributed by atoms with Crippen molar-refractivity contribution in [1.29, 1.82) is 0 Å². The molecular formula is C21H24FN3O2S. The molecule has 2 heterocycles. The highest BCUT2D eigenvalue weighted by atomic mass is 32.2. The van der Waals surface area contributed by atoms with Crippen molar-refractivity contribution in [2.45, 2.75) is 37.6 Å². The quantitative estimate of drug-likeness (QED) is 0.809. The largest absolute Gasteiger partial charge is 0.342 e. The first-order valence-electron chi connectivity index (χ1n) is 9.22. The molecule has 28 heavy (non-hydrogen) atoms. The van der Waals surface area contributed by atoms with Gasteiger partial charge in [-0.25, -0.2) is 4.39 Å². The number of amides is 2. The summed E-state index contributed by atoms with van der Waals surface area (Å²) in [6, 6.07) is 9.49. The topological polar surface area (TPSA) is 62.3 Å². The third-order valence-electron chi connectivity index (χ3n) is 4.75. The monoisotopic (exact) mass is 401 g/mol. The molecule has 0 saturated carbocycles. The summed E-state index contributed by atoms with van der Waals surface area (Å²) < 4.78 is 12.6. The predicted molar refractivity (Wildman–Crippen MR) is 108 cm³/mol. The fraction of sp³-hybridized carbons (Fsp3) is 0.381. The van der Waals surface area contributed by atoms with Gasteiger partial charge in [0.15, 0.2) is 0 Å². The number of hydrogen-bond donors (Lipinski definition) is 1. The SMILES string of the molecule is CC1(C)SC[C@H](C(=O)N(CCc2ccc(F)cc2)Cc2cccnc2)NC1=O. The van der Waals surface area contributed by atoms with Crippen LogP contribution in [-0.4, -0.2) is 44.8 Å². The molecule has 148 valence electrons. The molecule has 0 spiro atoms. The zero-order valence-electron chi connectivity index (χ0n) is 16.0. The second-order valence-electron chi connectivity index (χ2n) is 7.34. The smallest absolute Gasteiger partial charge is 0.246 e. The number of rotatable bonds is 6. The van der Waals surface area contributed by atoms with Gasteiger partial charge in [-0.15, -0.1) is 11.8 Å². The summed E-state index contributed by atoms with van der Waals surface area (Å²) in [5.41, 5.74) is 1.87. The van der Waals surface area contributed by atoms with Crippen molar-refractivity contribution in [3.05, 3.63) is 65.7 Å². The molecule has 1 saturated heterocycles. The Bertz CT molecular complexity index is 827. The summed E-state index contributed by atoms with van der Waals surface area (Å²) in [7, 11) is 0. The van der Waals surface area contributed by atoms with E-state index in [0.29, 0.717) is 25.3 Å². The maximum atomic E-state index is 13.2. The Hall–Kier alpha value is -2.41. The third-order valence-corrected chi connectivity index (χ3v) is 6.16. The van der Waals surface area contributed by atoms with Crippen LogP contribution in [-0.2, 0) is 22.6 Å². The van der Waals surface area contributed by atoms with Crippen LogP contribution in [0.15, 0.2) is 48.8 Å². The Morgan fingerprint density at radius 3 is 2.68 bits per heavy atom. The lowest BCUT2D eigenvalue weighted by atomic mass is 10.1. The van der Waals surface area contributed by atoms with Crippen LogP contribution >= 0.6 is 11.8 Å². The van der Waals surface area contributed by atoms with E-state index in [1.807, 2.05) is 26.0 Å². The first-order chi connectivity index (χ1) is 13.3. The number of benzene rings is 1. The van der Waals surface area contributed by atoms with E-state index in [4.69, 9.17) is 0 Å². The average molecular weight is 402 g/mol. The molecule has 2 amide bonds. The Labute approximate surface area is 168 Å². The molecule has 1 aromatic carbocycles. The van der Waals surface area contributed by atoms with Gasteiger partial charge in [0.2, 0.25) is 11.8 Å². The number of nitrogens with zero attached hydrogens (tertiary/aromatic N) is 2. The van der Waals surface area contributed by atoms with Crippen LogP contribution in [0.5, 0.6) is 0 Å². The fourth-order valence-electron chi connectivity index (χ4n) is 2.98. The van der Waals surface area contributed by atoms with Gasteiger partial charge >= 0.3 is 0 Å². The molecule has 3 rings (SSSR count). The van der Waals surface area contributed by atoms with Gasteiger partial charge in [-0.3, -0.25) is 14.6 Å². The van der Waals surface area contributed by atoms with E-state index in [9.17, 15) is 14.0 Å². The number of thioether (sulfide) groups is 1. The fourth-order valence-corrected chi connectivity index (χ4v) is 3.98. The van der Waals surface area contributed by atoms with Crippen LogP contribution in [0.25, 0.3) is 0 Å². The molecule has 1 aliphatic heterocycles. The van der Waals surface area contributed by atoms with Gasteiger partial charge in [0.25, 0.3) is 0 Å². The van der Waals surface area contributed by atoms with Crippen LogP contribution in [0, 0.1) is 5.82 Å². The number of halogens is 1. The van der Waals surface area contributed by atoms with Crippen molar-refractivity contribution in [1.82, 2.24) is 15.2 Å². The number of carbonyl (C=O) groups is 2. The van der Waals surface area contributed by atoms with Gasteiger partial charge in [-0.1, -0.05) is 18.2 Å². The molecule has 1 N–H and O–H groups in total. The molecular weight excluding hydrogens is 377 g/mol.